The van der Waals surface area contributed by atoms with Crippen LogP contribution in [0, 0.1) is 5.82 Å². The number of rotatable bonds is 7. The molecule has 2 rings (SSSR count). The lowest BCUT2D eigenvalue weighted by molar-refractivity contribution is -0.0499. The second-order valence-corrected chi connectivity index (χ2v) is 5.15. The van der Waals surface area contributed by atoms with E-state index in [0.29, 0.717) is 5.56 Å². The SMILES string of the molecule is CC(NCC(O)c1cccc(OC(F)F)c1)c1ccc(F)cc1. The molecule has 0 saturated heterocycles. The van der Waals surface area contributed by atoms with Crippen molar-refractivity contribution in [2.24, 2.45) is 0 Å². The highest BCUT2D eigenvalue weighted by atomic mass is 19.3. The Labute approximate surface area is 132 Å². The molecule has 124 valence electrons. The summed E-state index contributed by atoms with van der Waals surface area (Å²) in [6.07, 6.45) is -0.876. The summed E-state index contributed by atoms with van der Waals surface area (Å²) < 4.78 is 41.6. The molecule has 6 heteroatoms. The maximum Gasteiger partial charge on any atom is 0.387 e. The predicted molar refractivity (Wildman–Crippen MR) is 80.9 cm³/mol. The number of ether oxygens (including phenoxy) is 1. The van der Waals surface area contributed by atoms with Crippen LogP contribution in [0.4, 0.5) is 13.2 Å². The fraction of sp³-hybridized carbons (Fsp3) is 0.294. The van der Waals surface area contributed by atoms with E-state index in [1.54, 1.807) is 24.3 Å². The molecular weight excluding hydrogens is 307 g/mol. The Hall–Kier alpha value is -2.05. The van der Waals surface area contributed by atoms with E-state index in [1.807, 2.05) is 6.92 Å². The molecule has 0 aromatic heterocycles. The average molecular weight is 325 g/mol. The van der Waals surface area contributed by atoms with Gasteiger partial charge in [-0.1, -0.05) is 24.3 Å². The molecule has 0 aliphatic heterocycles. The number of aliphatic hydroxyl groups excluding tert-OH is 1. The third-order valence-corrected chi connectivity index (χ3v) is 3.46. The summed E-state index contributed by atoms with van der Waals surface area (Å²) in [5.74, 6) is -0.306. The third-order valence-electron chi connectivity index (χ3n) is 3.46. The second-order valence-electron chi connectivity index (χ2n) is 5.15. The van der Waals surface area contributed by atoms with Gasteiger partial charge in [-0.25, -0.2) is 4.39 Å². The van der Waals surface area contributed by atoms with Crippen LogP contribution in [-0.2, 0) is 0 Å². The molecule has 2 atom stereocenters. The molecule has 0 spiro atoms. The molecule has 2 N–H and O–H groups in total. The molecule has 23 heavy (non-hydrogen) atoms. The Morgan fingerprint density at radius 2 is 1.78 bits per heavy atom. The number of aliphatic hydroxyl groups is 1. The van der Waals surface area contributed by atoms with E-state index in [1.165, 1.54) is 24.3 Å². The maximum absolute atomic E-state index is 12.9. The second kappa shape index (κ2) is 7.99. The van der Waals surface area contributed by atoms with Gasteiger partial charge in [0.25, 0.3) is 0 Å². The summed E-state index contributed by atoms with van der Waals surface area (Å²) in [5, 5.41) is 13.3. The van der Waals surface area contributed by atoms with Gasteiger partial charge in [-0.3, -0.25) is 0 Å². The van der Waals surface area contributed by atoms with Gasteiger partial charge in [-0.05, 0) is 42.3 Å². The number of benzene rings is 2. The van der Waals surface area contributed by atoms with Gasteiger partial charge in [-0.15, -0.1) is 0 Å². The van der Waals surface area contributed by atoms with Crippen molar-refractivity contribution in [3.63, 3.8) is 0 Å². The van der Waals surface area contributed by atoms with Crippen molar-refractivity contribution in [1.82, 2.24) is 5.32 Å². The van der Waals surface area contributed by atoms with Crippen molar-refractivity contribution in [2.75, 3.05) is 6.54 Å². The summed E-state index contributed by atoms with van der Waals surface area (Å²) in [4.78, 5) is 0. The van der Waals surface area contributed by atoms with Crippen LogP contribution >= 0.6 is 0 Å². The van der Waals surface area contributed by atoms with Crippen LogP contribution in [0.2, 0.25) is 0 Å². The standard InChI is InChI=1S/C17H18F3NO2/c1-11(12-5-7-14(18)8-6-12)21-10-16(22)13-3-2-4-15(9-13)23-17(19)20/h2-9,11,16-17,21-22H,10H2,1H3. The first-order chi connectivity index (χ1) is 11.0. The number of hydrogen-bond acceptors (Lipinski definition) is 3. The van der Waals surface area contributed by atoms with Gasteiger partial charge in [0.05, 0.1) is 6.10 Å². The first-order valence-corrected chi connectivity index (χ1v) is 7.17. The van der Waals surface area contributed by atoms with Gasteiger partial charge in [0.2, 0.25) is 0 Å². The zero-order valence-corrected chi connectivity index (χ0v) is 12.5. The van der Waals surface area contributed by atoms with Gasteiger partial charge in [-0.2, -0.15) is 8.78 Å². The molecule has 0 aliphatic rings. The Balaban J connectivity index is 1.93. The lowest BCUT2D eigenvalue weighted by Gasteiger charge is -2.18. The van der Waals surface area contributed by atoms with Crippen molar-refractivity contribution in [3.8, 4) is 5.75 Å². The molecule has 0 aliphatic carbocycles. The van der Waals surface area contributed by atoms with Crippen LogP contribution < -0.4 is 10.1 Å². The van der Waals surface area contributed by atoms with Crippen LogP contribution in [0.1, 0.15) is 30.2 Å². The van der Waals surface area contributed by atoms with E-state index in [9.17, 15) is 18.3 Å². The van der Waals surface area contributed by atoms with E-state index in [2.05, 4.69) is 10.1 Å². The molecule has 0 saturated carbocycles. The van der Waals surface area contributed by atoms with Crippen LogP contribution in [0.5, 0.6) is 5.75 Å². The average Bonchev–Trinajstić information content (AvgIpc) is 2.52. The van der Waals surface area contributed by atoms with Crippen molar-refractivity contribution >= 4 is 0 Å². The number of alkyl halides is 2. The molecule has 0 heterocycles. The summed E-state index contributed by atoms with van der Waals surface area (Å²) in [6.45, 7) is -0.800. The van der Waals surface area contributed by atoms with Gasteiger partial charge >= 0.3 is 6.61 Å². The summed E-state index contributed by atoms with van der Waals surface area (Å²) in [6, 6.07) is 11.9. The van der Waals surface area contributed by atoms with Crippen LogP contribution in [0.3, 0.4) is 0 Å². The summed E-state index contributed by atoms with van der Waals surface area (Å²) in [7, 11) is 0. The molecule has 0 amide bonds. The predicted octanol–water partition coefficient (Wildman–Crippen LogP) is 3.81. The van der Waals surface area contributed by atoms with Crippen molar-refractivity contribution < 1.29 is 23.0 Å². The Bertz CT molecular complexity index is 619. The Morgan fingerprint density at radius 1 is 1.09 bits per heavy atom. The fourth-order valence-corrected chi connectivity index (χ4v) is 2.17. The van der Waals surface area contributed by atoms with Crippen molar-refractivity contribution in [3.05, 3.63) is 65.5 Å². The van der Waals surface area contributed by atoms with E-state index in [0.717, 1.165) is 5.56 Å². The zero-order chi connectivity index (χ0) is 16.8. The van der Waals surface area contributed by atoms with E-state index >= 15 is 0 Å². The first kappa shape index (κ1) is 17.3. The largest absolute Gasteiger partial charge is 0.435 e. The highest BCUT2D eigenvalue weighted by molar-refractivity contribution is 5.30. The van der Waals surface area contributed by atoms with Gasteiger partial charge in [0.15, 0.2) is 0 Å². The van der Waals surface area contributed by atoms with Gasteiger partial charge in [0.1, 0.15) is 11.6 Å². The van der Waals surface area contributed by atoms with Crippen LogP contribution in [-0.4, -0.2) is 18.3 Å². The molecule has 0 radical (unpaired) electrons. The van der Waals surface area contributed by atoms with Crippen LogP contribution in [0.15, 0.2) is 48.5 Å². The van der Waals surface area contributed by atoms with E-state index in [-0.39, 0.29) is 24.2 Å². The monoisotopic (exact) mass is 325 g/mol. The molecule has 2 aromatic rings. The molecule has 2 unspecified atom stereocenters. The fourth-order valence-electron chi connectivity index (χ4n) is 2.17. The molecule has 2 aromatic carbocycles. The van der Waals surface area contributed by atoms with Crippen LogP contribution in [0.25, 0.3) is 0 Å². The highest BCUT2D eigenvalue weighted by Gasteiger charge is 2.12. The van der Waals surface area contributed by atoms with E-state index in [4.69, 9.17) is 0 Å². The summed E-state index contributed by atoms with van der Waals surface area (Å²) >= 11 is 0. The number of halogens is 3. The first-order valence-electron chi connectivity index (χ1n) is 7.17. The van der Waals surface area contributed by atoms with Gasteiger partial charge < -0.3 is 15.2 Å². The van der Waals surface area contributed by atoms with Crippen molar-refractivity contribution in [2.45, 2.75) is 25.7 Å². The molecule has 3 nitrogen and oxygen atoms in total. The summed E-state index contributed by atoms with van der Waals surface area (Å²) in [5.41, 5.74) is 1.36. The minimum Gasteiger partial charge on any atom is -0.435 e. The Kier molecular flexibility index (Phi) is 6.01. The smallest absolute Gasteiger partial charge is 0.387 e. The van der Waals surface area contributed by atoms with E-state index < -0.39 is 12.7 Å². The topological polar surface area (TPSA) is 41.5 Å². The molecule has 0 bridgehead atoms. The highest BCUT2D eigenvalue weighted by Crippen LogP contribution is 2.21. The number of hydrogen-bond donors (Lipinski definition) is 2. The molecule has 0 fully saturated rings. The maximum atomic E-state index is 12.9. The normalized spacial score (nSPS) is 13.8. The quantitative estimate of drug-likeness (QED) is 0.813. The third kappa shape index (κ3) is 5.26. The number of nitrogens with one attached hydrogen (secondary N) is 1. The molecular formula is C17H18F3NO2. The lowest BCUT2D eigenvalue weighted by Crippen LogP contribution is -2.24. The van der Waals surface area contributed by atoms with Crippen molar-refractivity contribution in [1.29, 1.82) is 0 Å². The zero-order valence-electron chi connectivity index (χ0n) is 12.5. The Morgan fingerprint density at radius 3 is 2.43 bits per heavy atom. The van der Waals surface area contributed by atoms with Gasteiger partial charge in [0, 0.05) is 12.6 Å². The lowest BCUT2D eigenvalue weighted by atomic mass is 10.1. The minimum absolute atomic E-state index is 0.00290. The minimum atomic E-state index is -2.90.